The maximum absolute atomic E-state index is 13.6. The van der Waals surface area contributed by atoms with Gasteiger partial charge in [-0.1, -0.05) is 0 Å². The van der Waals surface area contributed by atoms with E-state index >= 15 is 0 Å². The number of benzene rings is 2. The van der Waals surface area contributed by atoms with E-state index in [4.69, 9.17) is 28.4 Å². The van der Waals surface area contributed by atoms with E-state index in [-0.39, 0.29) is 17.9 Å². The van der Waals surface area contributed by atoms with Gasteiger partial charge < -0.3 is 28.4 Å². The SMILES string of the molecule is COc1cc(OC)c(C(CCC(=O)CCC(c2c(OC)cc(OC)cc2OC)N2CCCC2)N2CCCC2)c(OC)c1. The number of rotatable bonds is 16. The van der Waals surface area contributed by atoms with E-state index in [2.05, 4.69) is 9.80 Å². The molecule has 0 radical (unpaired) electrons. The van der Waals surface area contributed by atoms with Gasteiger partial charge in [0.25, 0.3) is 0 Å². The molecule has 4 rings (SSSR count). The summed E-state index contributed by atoms with van der Waals surface area (Å²) in [5, 5.41) is 0. The summed E-state index contributed by atoms with van der Waals surface area (Å²) in [6.45, 7) is 3.97. The van der Waals surface area contributed by atoms with Crippen LogP contribution in [-0.4, -0.2) is 84.4 Å². The molecule has 0 aromatic heterocycles. The average molecular weight is 585 g/mol. The van der Waals surface area contributed by atoms with Crippen molar-refractivity contribution in [1.29, 1.82) is 0 Å². The molecule has 0 bridgehead atoms. The number of hydrogen-bond acceptors (Lipinski definition) is 9. The highest BCUT2D eigenvalue weighted by atomic mass is 16.5. The van der Waals surface area contributed by atoms with Gasteiger partial charge in [0.05, 0.1) is 53.8 Å². The minimum Gasteiger partial charge on any atom is -0.496 e. The van der Waals surface area contributed by atoms with Crippen LogP contribution in [0.3, 0.4) is 0 Å². The minimum absolute atomic E-state index is 0.0170. The van der Waals surface area contributed by atoms with Gasteiger partial charge in [0, 0.05) is 49.2 Å². The number of methoxy groups -OCH3 is 6. The monoisotopic (exact) mass is 584 g/mol. The number of carbonyl (C=O) groups is 1. The number of ether oxygens (including phenoxy) is 6. The molecule has 9 nitrogen and oxygen atoms in total. The Morgan fingerprint density at radius 2 is 0.881 bits per heavy atom. The molecule has 2 aliphatic heterocycles. The van der Waals surface area contributed by atoms with Crippen molar-refractivity contribution < 1.29 is 33.2 Å². The van der Waals surface area contributed by atoms with Crippen LogP contribution in [0.4, 0.5) is 0 Å². The lowest BCUT2D eigenvalue weighted by atomic mass is 9.93. The van der Waals surface area contributed by atoms with Crippen molar-refractivity contribution in [3.05, 3.63) is 35.4 Å². The van der Waals surface area contributed by atoms with Crippen molar-refractivity contribution in [2.75, 3.05) is 68.8 Å². The van der Waals surface area contributed by atoms with Crippen molar-refractivity contribution in [2.24, 2.45) is 0 Å². The van der Waals surface area contributed by atoms with E-state index in [1.165, 1.54) is 0 Å². The fraction of sp³-hybridized carbons (Fsp3) is 0.606. The van der Waals surface area contributed by atoms with Gasteiger partial charge in [-0.2, -0.15) is 0 Å². The molecule has 2 atom stereocenters. The number of carbonyl (C=O) groups excluding carboxylic acids is 1. The fourth-order valence-electron chi connectivity index (χ4n) is 6.57. The highest BCUT2D eigenvalue weighted by Crippen LogP contribution is 2.45. The molecule has 2 aromatic rings. The summed E-state index contributed by atoms with van der Waals surface area (Å²) in [6, 6.07) is 7.64. The Kier molecular flexibility index (Phi) is 11.6. The molecule has 2 aliphatic rings. The van der Waals surface area contributed by atoms with Crippen molar-refractivity contribution in [3.8, 4) is 34.5 Å². The summed E-state index contributed by atoms with van der Waals surface area (Å²) in [4.78, 5) is 18.5. The Labute approximate surface area is 251 Å². The lowest BCUT2D eigenvalue weighted by Crippen LogP contribution is -2.28. The third-order valence-corrected chi connectivity index (χ3v) is 8.73. The zero-order valence-corrected chi connectivity index (χ0v) is 26.2. The first-order chi connectivity index (χ1) is 20.5. The third-order valence-electron chi connectivity index (χ3n) is 8.73. The summed E-state index contributed by atoms with van der Waals surface area (Å²) >= 11 is 0. The quantitative estimate of drug-likeness (QED) is 0.242. The second-order valence-electron chi connectivity index (χ2n) is 11.0. The largest absolute Gasteiger partial charge is 0.496 e. The first kappa shape index (κ1) is 31.8. The second kappa shape index (κ2) is 15.3. The first-order valence-electron chi connectivity index (χ1n) is 15.1. The number of hydrogen-bond donors (Lipinski definition) is 0. The van der Waals surface area contributed by atoms with Crippen LogP contribution in [0.15, 0.2) is 24.3 Å². The number of nitrogens with zero attached hydrogens (tertiary/aromatic N) is 2. The normalized spacial score (nSPS) is 17.1. The Morgan fingerprint density at radius 1 is 0.571 bits per heavy atom. The highest BCUT2D eigenvalue weighted by Gasteiger charge is 2.32. The van der Waals surface area contributed by atoms with E-state index in [0.29, 0.717) is 37.2 Å². The molecular formula is C33H48N2O7. The van der Waals surface area contributed by atoms with Crippen LogP contribution in [0.2, 0.25) is 0 Å². The van der Waals surface area contributed by atoms with E-state index in [1.807, 2.05) is 24.3 Å². The summed E-state index contributed by atoms with van der Waals surface area (Å²) in [5.74, 6) is 4.52. The van der Waals surface area contributed by atoms with Crippen LogP contribution in [0, 0.1) is 0 Å². The molecule has 9 heteroatoms. The van der Waals surface area contributed by atoms with Gasteiger partial charge in [-0.15, -0.1) is 0 Å². The van der Waals surface area contributed by atoms with E-state index in [9.17, 15) is 4.79 Å². The molecule has 0 aliphatic carbocycles. The van der Waals surface area contributed by atoms with Crippen molar-refractivity contribution in [2.45, 2.75) is 63.5 Å². The van der Waals surface area contributed by atoms with Gasteiger partial charge in [0.1, 0.15) is 40.3 Å². The maximum atomic E-state index is 13.6. The maximum Gasteiger partial charge on any atom is 0.133 e. The summed E-state index contributed by atoms with van der Waals surface area (Å²) in [5.41, 5.74) is 1.97. The van der Waals surface area contributed by atoms with Crippen molar-refractivity contribution in [1.82, 2.24) is 9.80 Å². The third kappa shape index (κ3) is 7.24. The molecule has 2 heterocycles. The Bertz CT molecular complexity index is 1040. The zero-order chi connectivity index (χ0) is 30.1. The minimum atomic E-state index is 0.0170. The van der Waals surface area contributed by atoms with Gasteiger partial charge in [-0.3, -0.25) is 14.6 Å². The molecule has 232 valence electrons. The average Bonchev–Trinajstić information content (AvgIpc) is 3.76. The molecule has 0 saturated carbocycles. The van der Waals surface area contributed by atoms with Gasteiger partial charge in [-0.25, -0.2) is 0 Å². The Balaban J connectivity index is 1.54. The molecule has 2 saturated heterocycles. The molecule has 2 fully saturated rings. The predicted octanol–water partition coefficient (Wildman–Crippen LogP) is 5.84. The van der Waals surface area contributed by atoms with Crippen LogP contribution in [0.5, 0.6) is 34.5 Å². The fourth-order valence-corrected chi connectivity index (χ4v) is 6.57. The topological polar surface area (TPSA) is 78.9 Å². The predicted molar refractivity (Wildman–Crippen MR) is 163 cm³/mol. The number of ketones is 1. The second-order valence-corrected chi connectivity index (χ2v) is 11.0. The van der Waals surface area contributed by atoms with Crippen LogP contribution < -0.4 is 28.4 Å². The zero-order valence-electron chi connectivity index (χ0n) is 26.2. The van der Waals surface area contributed by atoms with Crippen molar-refractivity contribution >= 4 is 5.78 Å². The highest BCUT2D eigenvalue weighted by molar-refractivity contribution is 5.78. The summed E-state index contributed by atoms with van der Waals surface area (Å²) < 4.78 is 34.2. The molecular weight excluding hydrogens is 536 g/mol. The molecule has 2 aromatic carbocycles. The lowest BCUT2D eigenvalue weighted by molar-refractivity contribution is -0.119. The van der Waals surface area contributed by atoms with Gasteiger partial charge in [-0.05, 0) is 64.7 Å². The Morgan fingerprint density at radius 3 is 1.14 bits per heavy atom. The van der Waals surface area contributed by atoms with Crippen LogP contribution in [-0.2, 0) is 4.79 Å². The molecule has 0 amide bonds. The van der Waals surface area contributed by atoms with Crippen LogP contribution in [0.1, 0.15) is 74.6 Å². The summed E-state index contributed by atoms with van der Waals surface area (Å²) in [7, 11) is 9.95. The standard InChI is InChI=1S/C33H48N2O7/c1-37-24-19-28(39-3)32(29(20-24)40-4)26(34-15-7-8-16-34)13-11-23(36)12-14-27(35-17-9-10-18-35)33-30(41-5)21-25(38-2)22-31(33)42-6/h19-22,26-27H,7-18H2,1-6H3. The van der Waals surface area contributed by atoms with Crippen molar-refractivity contribution in [3.63, 3.8) is 0 Å². The van der Waals surface area contributed by atoms with Gasteiger partial charge in [0.2, 0.25) is 0 Å². The van der Waals surface area contributed by atoms with E-state index < -0.39 is 0 Å². The van der Waals surface area contributed by atoms with E-state index in [0.717, 1.165) is 86.0 Å². The number of likely N-dealkylation sites (tertiary alicyclic amines) is 2. The lowest BCUT2D eigenvalue weighted by Gasteiger charge is -2.31. The summed E-state index contributed by atoms with van der Waals surface area (Å²) in [6.07, 6.45) is 6.93. The Hall–Kier alpha value is -3.17. The molecule has 0 spiro atoms. The van der Waals surface area contributed by atoms with Gasteiger partial charge in [0.15, 0.2) is 0 Å². The molecule has 2 unspecified atom stereocenters. The smallest absolute Gasteiger partial charge is 0.133 e. The molecule has 0 N–H and O–H groups in total. The van der Waals surface area contributed by atoms with Crippen LogP contribution >= 0.6 is 0 Å². The first-order valence-corrected chi connectivity index (χ1v) is 15.1. The van der Waals surface area contributed by atoms with Gasteiger partial charge >= 0.3 is 0 Å². The van der Waals surface area contributed by atoms with Crippen LogP contribution in [0.25, 0.3) is 0 Å². The van der Waals surface area contributed by atoms with E-state index in [1.54, 1.807) is 42.7 Å². The molecule has 42 heavy (non-hydrogen) atoms. The number of Topliss-reactive ketones (excluding diaryl/α,β-unsaturated/α-hetero) is 1.